The van der Waals surface area contributed by atoms with Crippen molar-refractivity contribution in [3.8, 4) is 11.1 Å². The molecule has 1 unspecified atom stereocenters. The van der Waals surface area contributed by atoms with Crippen molar-refractivity contribution in [3.05, 3.63) is 77.1 Å². The van der Waals surface area contributed by atoms with E-state index in [1.807, 2.05) is 54.6 Å². The Bertz CT molecular complexity index is 919. The highest BCUT2D eigenvalue weighted by Crippen LogP contribution is 2.22. The molecule has 1 amide bonds. The van der Waals surface area contributed by atoms with E-state index in [1.54, 1.807) is 0 Å². The quantitative estimate of drug-likeness (QED) is 0.560. The smallest absolute Gasteiger partial charge is 0.272 e. The minimum Gasteiger partial charge on any atom is -0.387 e. The first kappa shape index (κ1) is 17.5. The van der Waals surface area contributed by atoms with Gasteiger partial charge in [-0.25, -0.2) is 0 Å². The van der Waals surface area contributed by atoms with Crippen LogP contribution in [0.4, 0.5) is 0 Å². The first-order valence-electron chi connectivity index (χ1n) is 9.11. The van der Waals surface area contributed by atoms with Gasteiger partial charge in [0, 0.05) is 18.7 Å². The predicted molar refractivity (Wildman–Crippen MR) is 103 cm³/mol. The summed E-state index contributed by atoms with van der Waals surface area (Å²) in [5.74, 6) is -0.255. The molecule has 0 aliphatic carbocycles. The van der Waals surface area contributed by atoms with Crippen LogP contribution < -0.4 is 10.6 Å². The predicted octanol–water partition coefficient (Wildman–Crippen LogP) is 2.19. The highest BCUT2D eigenvalue weighted by Gasteiger charge is 2.22. The van der Waals surface area contributed by atoms with E-state index in [2.05, 4.69) is 20.8 Å². The van der Waals surface area contributed by atoms with Gasteiger partial charge in [0.05, 0.1) is 11.8 Å². The van der Waals surface area contributed by atoms with Gasteiger partial charge < -0.3 is 15.7 Å². The van der Waals surface area contributed by atoms with Crippen LogP contribution in [0.2, 0.25) is 0 Å². The van der Waals surface area contributed by atoms with Crippen molar-refractivity contribution < 1.29 is 9.90 Å². The van der Waals surface area contributed by atoms with Crippen molar-refractivity contribution in [3.63, 3.8) is 0 Å². The average Bonchev–Trinajstić information content (AvgIpc) is 3.17. The van der Waals surface area contributed by atoms with Gasteiger partial charge in [-0.05, 0) is 29.7 Å². The van der Waals surface area contributed by atoms with Gasteiger partial charge in [0.2, 0.25) is 0 Å². The largest absolute Gasteiger partial charge is 0.387 e. The number of nitrogens with one attached hydrogen (secondary N) is 3. The summed E-state index contributed by atoms with van der Waals surface area (Å²) in [6.45, 7) is 1.68. The molecule has 2 aromatic carbocycles. The van der Waals surface area contributed by atoms with Crippen molar-refractivity contribution in [1.82, 2.24) is 20.8 Å². The summed E-state index contributed by atoms with van der Waals surface area (Å²) in [6.07, 6.45) is 0.00756. The van der Waals surface area contributed by atoms with Crippen LogP contribution in [0.5, 0.6) is 0 Å². The number of aliphatic hydroxyl groups excluding tert-OH is 1. The molecular weight excluding hydrogens is 340 g/mol. The maximum atomic E-state index is 12.4. The molecule has 1 aliphatic rings. The Morgan fingerprint density at radius 3 is 2.63 bits per heavy atom. The second-order valence-electron chi connectivity index (χ2n) is 6.67. The fourth-order valence-electron chi connectivity index (χ4n) is 3.35. The van der Waals surface area contributed by atoms with E-state index in [9.17, 15) is 9.90 Å². The molecule has 0 saturated carbocycles. The zero-order valence-electron chi connectivity index (χ0n) is 14.9. The number of benzene rings is 2. The molecule has 2 heterocycles. The van der Waals surface area contributed by atoms with Gasteiger partial charge in [-0.3, -0.25) is 9.89 Å². The van der Waals surface area contributed by atoms with Gasteiger partial charge in [-0.1, -0.05) is 54.6 Å². The fraction of sp³-hybridized carbons (Fsp3) is 0.238. The number of aromatic amines is 1. The van der Waals surface area contributed by atoms with Gasteiger partial charge in [-0.2, -0.15) is 5.10 Å². The summed E-state index contributed by atoms with van der Waals surface area (Å²) < 4.78 is 0. The Hall–Kier alpha value is -2.96. The van der Waals surface area contributed by atoms with Crippen LogP contribution in [-0.2, 0) is 13.0 Å². The molecule has 0 fully saturated rings. The van der Waals surface area contributed by atoms with E-state index in [1.165, 1.54) is 0 Å². The number of H-pyrrole nitrogens is 1. The lowest BCUT2D eigenvalue weighted by Gasteiger charge is -2.14. The van der Waals surface area contributed by atoms with Crippen LogP contribution in [0.3, 0.4) is 0 Å². The zero-order valence-corrected chi connectivity index (χ0v) is 14.9. The van der Waals surface area contributed by atoms with Gasteiger partial charge in [-0.15, -0.1) is 0 Å². The second-order valence-corrected chi connectivity index (χ2v) is 6.67. The minimum atomic E-state index is -0.768. The summed E-state index contributed by atoms with van der Waals surface area (Å²) in [5.41, 5.74) is 5.34. The van der Waals surface area contributed by atoms with Crippen molar-refractivity contribution in [2.75, 3.05) is 13.1 Å². The summed E-state index contributed by atoms with van der Waals surface area (Å²) >= 11 is 0. The zero-order chi connectivity index (χ0) is 18.6. The number of rotatable bonds is 5. The Morgan fingerprint density at radius 2 is 1.85 bits per heavy atom. The number of hydrogen-bond acceptors (Lipinski definition) is 4. The van der Waals surface area contributed by atoms with Crippen LogP contribution in [-0.4, -0.2) is 34.3 Å². The maximum Gasteiger partial charge on any atom is 0.272 e. The molecule has 0 radical (unpaired) electrons. The summed E-state index contributed by atoms with van der Waals surface area (Å²) in [7, 11) is 0. The Kier molecular flexibility index (Phi) is 5.00. The summed E-state index contributed by atoms with van der Waals surface area (Å²) in [4.78, 5) is 12.4. The number of hydrogen-bond donors (Lipinski definition) is 4. The normalized spacial score (nSPS) is 14.4. The highest BCUT2D eigenvalue weighted by molar-refractivity contribution is 5.94. The van der Waals surface area contributed by atoms with Gasteiger partial charge in [0.1, 0.15) is 0 Å². The third kappa shape index (κ3) is 3.77. The second kappa shape index (κ2) is 7.73. The molecule has 0 spiro atoms. The standard InChI is InChI=1S/C21H22N4O2/c26-19(16-8-6-15(7-9-16)14-4-2-1-3-5-14)13-23-21(27)20-17-10-11-22-12-18(17)24-25-20/h1-9,19,22,26H,10-13H2,(H,23,27)(H,24,25). The number of carbonyl (C=O) groups excluding carboxylic acids is 1. The molecule has 0 saturated heterocycles. The van der Waals surface area contributed by atoms with Crippen LogP contribution >= 0.6 is 0 Å². The van der Waals surface area contributed by atoms with E-state index in [0.29, 0.717) is 12.2 Å². The fourth-order valence-corrected chi connectivity index (χ4v) is 3.35. The molecule has 4 N–H and O–H groups in total. The number of aromatic nitrogens is 2. The van der Waals surface area contributed by atoms with E-state index in [-0.39, 0.29) is 12.5 Å². The lowest BCUT2D eigenvalue weighted by Crippen LogP contribution is -2.30. The van der Waals surface area contributed by atoms with Crippen molar-refractivity contribution in [2.45, 2.75) is 19.1 Å². The first-order valence-corrected chi connectivity index (χ1v) is 9.11. The van der Waals surface area contributed by atoms with E-state index in [0.717, 1.165) is 40.9 Å². The molecule has 6 nitrogen and oxygen atoms in total. The molecule has 1 atom stereocenters. The molecule has 4 rings (SSSR count). The van der Waals surface area contributed by atoms with E-state index in [4.69, 9.17) is 0 Å². The number of amides is 1. The van der Waals surface area contributed by atoms with Crippen molar-refractivity contribution in [1.29, 1.82) is 0 Å². The molecule has 27 heavy (non-hydrogen) atoms. The lowest BCUT2D eigenvalue weighted by molar-refractivity contribution is 0.0910. The molecule has 138 valence electrons. The summed E-state index contributed by atoms with van der Waals surface area (Å²) in [6, 6.07) is 17.8. The third-order valence-electron chi connectivity index (χ3n) is 4.88. The molecule has 6 heteroatoms. The Labute approximate surface area is 157 Å². The van der Waals surface area contributed by atoms with Crippen molar-refractivity contribution >= 4 is 5.91 Å². The Balaban J connectivity index is 1.38. The molecular formula is C21H22N4O2. The van der Waals surface area contributed by atoms with Crippen LogP contribution in [0.15, 0.2) is 54.6 Å². The summed E-state index contributed by atoms with van der Waals surface area (Å²) in [5, 5.41) is 23.5. The van der Waals surface area contributed by atoms with Gasteiger partial charge in [0.25, 0.3) is 5.91 Å². The topological polar surface area (TPSA) is 90.0 Å². The van der Waals surface area contributed by atoms with E-state index >= 15 is 0 Å². The number of fused-ring (bicyclic) bond motifs is 1. The molecule has 1 aromatic heterocycles. The van der Waals surface area contributed by atoms with Crippen LogP contribution in [0.1, 0.15) is 33.4 Å². The molecule has 1 aliphatic heterocycles. The monoisotopic (exact) mass is 362 g/mol. The number of carbonyl (C=O) groups is 1. The number of aliphatic hydroxyl groups is 1. The maximum absolute atomic E-state index is 12.4. The average molecular weight is 362 g/mol. The van der Waals surface area contributed by atoms with Gasteiger partial charge >= 0.3 is 0 Å². The first-order chi connectivity index (χ1) is 13.2. The SMILES string of the molecule is O=C(NCC(O)c1ccc(-c2ccccc2)cc1)c1n[nH]c2c1CCNC2. The molecule has 3 aromatic rings. The van der Waals surface area contributed by atoms with Crippen LogP contribution in [0, 0.1) is 0 Å². The third-order valence-corrected chi connectivity index (χ3v) is 4.88. The Morgan fingerprint density at radius 1 is 1.11 bits per heavy atom. The minimum absolute atomic E-state index is 0.142. The van der Waals surface area contributed by atoms with Crippen molar-refractivity contribution in [2.24, 2.45) is 0 Å². The van der Waals surface area contributed by atoms with Crippen LogP contribution in [0.25, 0.3) is 11.1 Å². The van der Waals surface area contributed by atoms with Gasteiger partial charge in [0.15, 0.2) is 5.69 Å². The highest BCUT2D eigenvalue weighted by atomic mass is 16.3. The lowest BCUT2D eigenvalue weighted by atomic mass is 10.0. The number of nitrogens with zero attached hydrogens (tertiary/aromatic N) is 1. The van der Waals surface area contributed by atoms with E-state index < -0.39 is 6.10 Å². The molecule has 0 bridgehead atoms.